The number of hydrogen-bond donors (Lipinski definition) is 1. The molecular formula is C15H21N5. The van der Waals surface area contributed by atoms with Crippen LogP contribution in [-0.4, -0.2) is 33.7 Å². The maximum atomic E-state index is 5.96. The first-order valence-corrected chi connectivity index (χ1v) is 6.88. The normalized spacial score (nSPS) is 11.6. The first-order chi connectivity index (χ1) is 9.74. The number of benzene rings is 1. The number of hydrogen-bond acceptors (Lipinski definition) is 2. The molecule has 0 fully saturated rings. The minimum absolute atomic E-state index is 0.599. The van der Waals surface area contributed by atoms with Gasteiger partial charge in [-0.05, 0) is 37.6 Å². The molecule has 0 saturated heterocycles. The van der Waals surface area contributed by atoms with Crippen LogP contribution in [0.25, 0.3) is 5.69 Å². The van der Waals surface area contributed by atoms with Gasteiger partial charge in [0.25, 0.3) is 0 Å². The Morgan fingerprint density at radius 1 is 1.25 bits per heavy atom. The van der Waals surface area contributed by atoms with E-state index in [1.165, 1.54) is 0 Å². The molecule has 5 nitrogen and oxygen atoms in total. The minimum atomic E-state index is 0.599. The van der Waals surface area contributed by atoms with Gasteiger partial charge in [0.15, 0.2) is 5.96 Å². The highest BCUT2D eigenvalue weighted by molar-refractivity contribution is 5.78. The fourth-order valence-corrected chi connectivity index (χ4v) is 2.00. The van der Waals surface area contributed by atoms with Gasteiger partial charge >= 0.3 is 0 Å². The molecule has 1 heterocycles. The maximum absolute atomic E-state index is 5.96. The van der Waals surface area contributed by atoms with Crippen molar-refractivity contribution in [2.24, 2.45) is 10.7 Å². The Hall–Kier alpha value is -2.30. The van der Waals surface area contributed by atoms with Gasteiger partial charge < -0.3 is 10.6 Å². The van der Waals surface area contributed by atoms with Gasteiger partial charge in [0.1, 0.15) is 0 Å². The molecule has 5 heteroatoms. The van der Waals surface area contributed by atoms with Gasteiger partial charge in [0, 0.05) is 25.5 Å². The van der Waals surface area contributed by atoms with Gasteiger partial charge in [-0.1, -0.05) is 12.1 Å². The van der Waals surface area contributed by atoms with Gasteiger partial charge in [-0.25, -0.2) is 9.67 Å². The van der Waals surface area contributed by atoms with Gasteiger partial charge in [0.2, 0.25) is 0 Å². The van der Waals surface area contributed by atoms with Crippen molar-refractivity contribution in [2.45, 2.75) is 20.4 Å². The van der Waals surface area contributed by atoms with Crippen molar-refractivity contribution < 1.29 is 0 Å². The van der Waals surface area contributed by atoms with Crippen LogP contribution in [0, 0.1) is 0 Å². The van der Waals surface area contributed by atoms with Crippen LogP contribution >= 0.6 is 0 Å². The molecule has 2 aromatic rings. The number of nitrogens with two attached hydrogens (primary N) is 1. The first-order valence-electron chi connectivity index (χ1n) is 6.88. The molecule has 0 aliphatic rings. The Morgan fingerprint density at radius 2 is 1.95 bits per heavy atom. The highest BCUT2D eigenvalue weighted by Gasteiger charge is 2.02. The van der Waals surface area contributed by atoms with Gasteiger partial charge in [-0.15, -0.1) is 0 Å². The molecule has 106 valence electrons. The van der Waals surface area contributed by atoms with Gasteiger partial charge in [-0.2, -0.15) is 5.10 Å². The van der Waals surface area contributed by atoms with Crippen molar-refractivity contribution in [1.82, 2.24) is 14.7 Å². The first kappa shape index (κ1) is 14.1. The van der Waals surface area contributed by atoms with E-state index in [0.717, 1.165) is 24.3 Å². The van der Waals surface area contributed by atoms with E-state index < -0.39 is 0 Å². The summed E-state index contributed by atoms with van der Waals surface area (Å²) in [4.78, 5) is 6.47. The molecule has 0 atom stereocenters. The summed E-state index contributed by atoms with van der Waals surface area (Å²) in [7, 11) is 0. The van der Waals surface area contributed by atoms with Crippen molar-refractivity contribution in [1.29, 1.82) is 0 Å². The lowest BCUT2D eigenvalue weighted by Crippen LogP contribution is -2.37. The third-order valence-electron chi connectivity index (χ3n) is 3.22. The third kappa shape index (κ3) is 3.38. The van der Waals surface area contributed by atoms with Crippen molar-refractivity contribution >= 4 is 5.96 Å². The average Bonchev–Trinajstić information content (AvgIpc) is 3.01. The van der Waals surface area contributed by atoms with Crippen LogP contribution in [0.15, 0.2) is 47.7 Å². The summed E-state index contributed by atoms with van der Waals surface area (Å²) in [6.45, 7) is 6.51. The number of aromatic nitrogens is 2. The SMILES string of the molecule is CCN(CC)C(N)=NCc1ccc(-n2cccn2)cc1. The topological polar surface area (TPSA) is 59.4 Å². The van der Waals surface area contributed by atoms with E-state index in [9.17, 15) is 0 Å². The molecule has 0 amide bonds. The Bertz CT molecular complexity index is 538. The molecule has 1 aromatic carbocycles. The predicted molar refractivity (Wildman–Crippen MR) is 81.8 cm³/mol. The maximum Gasteiger partial charge on any atom is 0.191 e. The summed E-state index contributed by atoms with van der Waals surface area (Å²) in [5.41, 5.74) is 8.13. The van der Waals surface area contributed by atoms with Crippen LogP contribution < -0.4 is 5.73 Å². The molecule has 0 spiro atoms. The third-order valence-corrected chi connectivity index (χ3v) is 3.22. The van der Waals surface area contributed by atoms with E-state index >= 15 is 0 Å². The predicted octanol–water partition coefficient (Wildman–Crippen LogP) is 2.03. The second kappa shape index (κ2) is 6.75. The number of rotatable bonds is 5. The van der Waals surface area contributed by atoms with Gasteiger partial charge in [-0.3, -0.25) is 0 Å². The summed E-state index contributed by atoms with van der Waals surface area (Å²) >= 11 is 0. The van der Waals surface area contributed by atoms with E-state index in [-0.39, 0.29) is 0 Å². The van der Waals surface area contributed by atoms with Gasteiger partial charge in [0.05, 0.1) is 12.2 Å². The zero-order valence-corrected chi connectivity index (χ0v) is 12.0. The van der Waals surface area contributed by atoms with Crippen LogP contribution in [0.1, 0.15) is 19.4 Å². The van der Waals surface area contributed by atoms with Crippen molar-refractivity contribution in [3.8, 4) is 5.69 Å². The lowest BCUT2D eigenvalue weighted by Gasteiger charge is -2.19. The van der Waals surface area contributed by atoms with Crippen molar-refractivity contribution in [3.63, 3.8) is 0 Å². The number of aliphatic imine (C=N–C) groups is 1. The second-order valence-corrected chi connectivity index (χ2v) is 4.46. The summed E-state index contributed by atoms with van der Waals surface area (Å²) < 4.78 is 1.83. The van der Waals surface area contributed by atoms with Crippen LogP contribution in [0.2, 0.25) is 0 Å². The lowest BCUT2D eigenvalue weighted by atomic mass is 10.2. The molecule has 0 bridgehead atoms. The highest BCUT2D eigenvalue weighted by atomic mass is 15.3. The van der Waals surface area contributed by atoms with Crippen molar-refractivity contribution in [3.05, 3.63) is 48.3 Å². The monoisotopic (exact) mass is 271 g/mol. The summed E-state index contributed by atoms with van der Waals surface area (Å²) in [5, 5.41) is 4.20. The number of guanidine groups is 1. The fourth-order valence-electron chi connectivity index (χ4n) is 2.00. The summed E-state index contributed by atoms with van der Waals surface area (Å²) in [6.07, 6.45) is 3.69. The van der Waals surface area contributed by atoms with E-state index in [1.807, 2.05) is 34.0 Å². The Kier molecular flexibility index (Phi) is 4.76. The Balaban J connectivity index is 2.02. The molecule has 2 N–H and O–H groups in total. The van der Waals surface area contributed by atoms with Crippen LogP contribution in [0.3, 0.4) is 0 Å². The van der Waals surface area contributed by atoms with E-state index in [2.05, 4.69) is 36.1 Å². The lowest BCUT2D eigenvalue weighted by molar-refractivity contribution is 0.458. The smallest absolute Gasteiger partial charge is 0.191 e. The van der Waals surface area contributed by atoms with Crippen LogP contribution in [-0.2, 0) is 6.54 Å². The molecule has 0 aliphatic carbocycles. The van der Waals surface area contributed by atoms with E-state index in [1.54, 1.807) is 6.20 Å². The fraction of sp³-hybridized carbons (Fsp3) is 0.333. The molecule has 0 radical (unpaired) electrons. The van der Waals surface area contributed by atoms with Crippen molar-refractivity contribution in [2.75, 3.05) is 13.1 Å². The molecule has 1 aromatic heterocycles. The second-order valence-electron chi connectivity index (χ2n) is 4.46. The highest BCUT2D eigenvalue weighted by Crippen LogP contribution is 2.09. The molecule has 0 aliphatic heterocycles. The van der Waals surface area contributed by atoms with Crippen LogP contribution in [0.5, 0.6) is 0 Å². The summed E-state index contributed by atoms with van der Waals surface area (Å²) in [6, 6.07) is 10.1. The molecule has 0 unspecified atom stereocenters. The Labute approximate surface area is 119 Å². The molecular weight excluding hydrogens is 250 g/mol. The number of nitrogens with zero attached hydrogens (tertiary/aromatic N) is 4. The van der Waals surface area contributed by atoms with E-state index in [4.69, 9.17) is 5.73 Å². The Morgan fingerprint density at radius 3 is 2.50 bits per heavy atom. The summed E-state index contributed by atoms with van der Waals surface area (Å²) in [5.74, 6) is 0.603. The standard InChI is InChI=1S/C15H21N5/c1-3-19(4-2)15(16)17-12-13-6-8-14(9-7-13)20-11-5-10-18-20/h5-11H,3-4,12H2,1-2H3,(H2,16,17). The minimum Gasteiger partial charge on any atom is -0.370 e. The quantitative estimate of drug-likeness (QED) is 0.668. The molecule has 20 heavy (non-hydrogen) atoms. The molecule has 2 rings (SSSR count). The zero-order valence-electron chi connectivity index (χ0n) is 12.0. The molecule has 0 saturated carbocycles. The van der Waals surface area contributed by atoms with E-state index in [0.29, 0.717) is 12.5 Å². The average molecular weight is 271 g/mol. The van der Waals surface area contributed by atoms with Crippen LogP contribution in [0.4, 0.5) is 0 Å². The largest absolute Gasteiger partial charge is 0.370 e. The zero-order chi connectivity index (χ0) is 14.4.